The van der Waals surface area contributed by atoms with Gasteiger partial charge >= 0.3 is 5.97 Å². The average molecular weight is 320 g/mol. The minimum Gasteiger partial charge on any atom is -0.507 e. The highest BCUT2D eigenvalue weighted by atomic mass is 16.5. The molecule has 0 spiro atoms. The topological polar surface area (TPSA) is 66.8 Å². The molecule has 1 atom stereocenters. The van der Waals surface area contributed by atoms with Crippen LogP contribution in [0.4, 0.5) is 0 Å². The molecule has 0 fully saturated rings. The Labute approximate surface area is 138 Å². The summed E-state index contributed by atoms with van der Waals surface area (Å²) >= 11 is 0. The lowest BCUT2D eigenvalue weighted by atomic mass is 9.83. The summed E-state index contributed by atoms with van der Waals surface area (Å²) in [5.74, 6) is 0.0972. The number of hydrogen-bond acceptors (Lipinski definition) is 3. The number of unbranched alkanes of at least 4 members (excludes halogenated alkanes) is 3. The summed E-state index contributed by atoms with van der Waals surface area (Å²) in [4.78, 5) is 11.9. The van der Waals surface area contributed by atoms with Gasteiger partial charge in [0, 0.05) is 12.0 Å². The van der Waals surface area contributed by atoms with E-state index < -0.39 is 11.6 Å². The van der Waals surface area contributed by atoms with E-state index in [9.17, 15) is 15.0 Å². The van der Waals surface area contributed by atoms with Crippen LogP contribution in [0.5, 0.6) is 11.5 Å². The standard InChI is InChI=1S/C19H28O4/c1-5-6-7-8-10-19(18(21)22)11-9-15-14(4)16(20)12(2)13(3)17(15)23-19/h20H,5-11H2,1-4H3,(H,21,22). The summed E-state index contributed by atoms with van der Waals surface area (Å²) < 4.78 is 6.10. The number of carbonyl (C=O) groups is 1. The molecular formula is C19H28O4. The van der Waals surface area contributed by atoms with Crippen LogP contribution in [0.25, 0.3) is 0 Å². The van der Waals surface area contributed by atoms with Gasteiger partial charge in [0.2, 0.25) is 5.60 Å². The van der Waals surface area contributed by atoms with Crippen LogP contribution in [0.15, 0.2) is 0 Å². The van der Waals surface area contributed by atoms with Crippen molar-refractivity contribution < 1.29 is 19.7 Å². The van der Waals surface area contributed by atoms with Gasteiger partial charge in [-0.05, 0) is 56.7 Å². The first-order valence-electron chi connectivity index (χ1n) is 8.58. The lowest BCUT2D eigenvalue weighted by Gasteiger charge is -2.37. The molecule has 0 aromatic heterocycles. The molecule has 23 heavy (non-hydrogen) atoms. The highest BCUT2D eigenvalue weighted by Gasteiger charge is 2.44. The third-order valence-electron chi connectivity index (χ3n) is 5.24. The number of carboxylic acids is 1. The molecule has 1 aromatic rings. The second-order valence-electron chi connectivity index (χ2n) is 6.74. The fraction of sp³-hybridized carbons (Fsp3) is 0.632. The summed E-state index contributed by atoms with van der Waals surface area (Å²) in [5.41, 5.74) is 2.26. The first-order chi connectivity index (χ1) is 10.8. The molecule has 0 aliphatic carbocycles. The van der Waals surface area contributed by atoms with Gasteiger partial charge in [0.15, 0.2) is 0 Å². The first-order valence-corrected chi connectivity index (χ1v) is 8.58. The van der Waals surface area contributed by atoms with Gasteiger partial charge in [-0.2, -0.15) is 0 Å². The SMILES string of the molecule is CCCCCCC1(C(=O)O)CCc2c(C)c(O)c(C)c(C)c2O1. The Bertz CT molecular complexity index is 606. The van der Waals surface area contributed by atoms with Gasteiger partial charge in [-0.3, -0.25) is 0 Å². The van der Waals surface area contributed by atoms with Crippen LogP contribution in [0.1, 0.15) is 67.7 Å². The van der Waals surface area contributed by atoms with Crippen molar-refractivity contribution in [3.63, 3.8) is 0 Å². The van der Waals surface area contributed by atoms with Crippen molar-refractivity contribution in [3.05, 3.63) is 22.3 Å². The van der Waals surface area contributed by atoms with Gasteiger partial charge in [-0.25, -0.2) is 4.79 Å². The van der Waals surface area contributed by atoms with Crippen molar-refractivity contribution in [1.82, 2.24) is 0 Å². The lowest BCUT2D eigenvalue weighted by molar-refractivity contribution is -0.157. The maximum atomic E-state index is 11.9. The van der Waals surface area contributed by atoms with E-state index in [0.29, 0.717) is 30.8 Å². The highest BCUT2D eigenvalue weighted by molar-refractivity contribution is 5.79. The molecule has 2 rings (SSSR count). The number of phenolic OH excluding ortho intramolecular Hbond substituents is 1. The Hall–Kier alpha value is -1.71. The number of fused-ring (bicyclic) bond motifs is 1. The molecule has 1 heterocycles. The number of carboxylic acid groups (broad SMARTS) is 1. The molecular weight excluding hydrogens is 292 g/mol. The van der Waals surface area contributed by atoms with E-state index in [4.69, 9.17) is 4.74 Å². The number of aliphatic carboxylic acids is 1. The third kappa shape index (κ3) is 3.17. The van der Waals surface area contributed by atoms with Gasteiger partial charge in [0.1, 0.15) is 11.5 Å². The van der Waals surface area contributed by atoms with Crippen LogP contribution in [0, 0.1) is 20.8 Å². The molecule has 1 aromatic carbocycles. The molecule has 1 aliphatic heterocycles. The van der Waals surface area contributed by atoms with E-state index in [1.807, 2.05) is 20.8 Å². The lowest BCUT2D eigenvalue weighted by Crippen LogP contribution is -2.47. The van der Waals surface area contributed by atoms with Crippen LogP contribution in [0.2, 0.25) is 0 Å². The van der Waals surface area contributed by atoms with Gasteiger partial charge in [0.05, 0.1) is 0 Å². The average Bonchev–Trinajstić information content (AvgIpc) is 2.54. The molecule has 0 bridgehead atoms. The minimum absolute atomic E-state index is 0.302. The predicted octanol–water partition coefficient (Wildman–Crippen LogP) is 4.44. The van der Waals surface area contributed by atoms with Crippen LogP contribution in [-0.4, -0.2) is 21.8 Å². The first kappa shape index (κ1) is 17.6. The Balaban J connectivity index is 2.34. The van der Waals surface area contributed by atoms with Crippen molar-refractivity contribution in [2.75, 3.05) is 0 Å². The smallest absolute Gasteiger partial charge is 0.348 e. The van der Waals surface area contributed by atoms with Crippen LogP contribution >= 0.6 is 0 Å². The van der Waals surface area contributed by atoms with Crippen LogP contribution in [0.3, 0.4) is 0 Å². The van der Waals surface area contributed by atoms with E-state index in [-0.39, 0.29) is 0 Å². The Morgan fingerprint density at radius 2 is 1.83 bits per heavy atom. The Morgan fingerprint density at radius 1 is 1.13 bits per heavy atom. The maximum absolute atomic E-state index is 11.9. The Kier molecular flexibility index (Phi) is 5.23. The normalized spacial score (nSPS) is 20.0. The van der Waals surface area contributed by atoms with Gasteiger partial charge < -0.3 is 14.9 Å². The summed E-state index contributed by atoms with van der Waals surface area (Å²) in [6.07, 6.45) is 5.79. The number of rotatable bonds is 6. The van der Waals surface area contributed by atoms with Crippen molar-refractivity contribution >= 4 is 5.97 Å². The summed E-state index contributed by atoms with van der Waals surface area (Å²) in [6, 6.07) is 0. The minimum atomic E-state index is -1.12. The van der Waals surface area contributed by atoms with E-state index >= 15 is 0 Å². The van der Waals surface area contributed by atoms with Crippen molar-refractivity contribution in [2.45, 2.75) is 78.2 Å². The molecule has 2 N–H and O–H groups in total. The number of aromatic hydroxyl groups is 1. The second-order valence-corrected chi connectivity index (χ2v) is 6.74. The van der Waals surface area contributed by atoms with E-state index in [1.165, 1.54) is 0 Å². The quantitative estimate of drug-likeness (QED) is 0.761. The number of hydrogen-bond donors (Lipinski definition) is 2. The summed E-state index contributed by atoms with van der Waals surface area (Å²) in [5, 5.41) is 20.0. The molecule has 128 valence electrons. The highest BCUT2D eigenvalue weighted by Crippen LogP contribution is 2.44. The van der Waals surface area contributed by atoms with Gasteiger partial charge in [-0.15, -0.1) is 0 Å². The second kappa shape index (κ2) is 6.81. The molecule has 1 aliphatic rings. The zero-order chi connectivity index (χ0) is 17.2. The molecule has 0 saturated heterocycles. The summed E-state index contributed by atoms with van der Waals surface area (Å²) in [6.45, 7) is 7.75. The van der Waals surface area contributed by atoms with Crippen LogP contribution in [-0.2, 0) is 11.2 Å². The van der Waals surface area contributed by atoms with Gasteiger partial charge in [0.25, 0.3) is 0 Å². The number of benzene rings is 1. The molecule has 4 heteroatoms. The predicted molar refractivity (Wildman–Crippen MR) is 90.4 cm³/mol. The van der Waals surface area contributed by atoms with E-state index in [0.717, 1.165) is 47.9 Å². The molecule has 0 saturated carbocycles. The third-order valence-corrected chi connectivity index (χ3v) is 5.24. The van der Waals surface area contributed by atoms with Crippen molar-refractivity contribution in [2.24, 2.45) is 0 Å². The van der Waals surface area contributed by atoms with E-state index in [1.54, 1.807) is 0 Å². The number of phenols is 1. The molecule has 0 radical (unpaired) electrons. The van der Waals surface area contributed by atoms with Crippen molar-refractivity contribution in [3.8, 4) is 11.5 Å². The van der Waals surface area contributed by atoms with Crippen LogP contribution < -0.4 is 4.74 Å². The van der Waals surface area contributed by atoms with E-state index in [2.05, 4.69) is 6.92 Å². The number of ether oxygens (including phenoxy) is 1. The maximum Gasteiger partial charge on any atom is 0.348 e. The summed E-state index contributed by atoms with van der Waals surface area (Å²) in [7, 11) is 0. The monoisotopic (exact) mass is 320 g/mol. The fourth-order valence-corrected chi connectivity index (χ4v) is 3.45. The zero-order valence-electron chi connectivity index (χ0n) is 14.7. The zero-order valence-corrected chi connectivity index (χ0v) is 14.7. The molecule has 1 unspecified atom stereocenters. The fourth-order valence-electron chi connectivity index (χ4n) is 3.45. The molecule has 0 amide bonds. The van der Waals surface area contributed by atoms with Gasteiger partial charge in [-0.1, -0.05) is 26.2 Å². The van der Waals surface area contributed by atoms with Crippen molar-refractivity contribution in [1.29, 1.82) is 0 Å². The largest absolute Gasteiger partial charge is 0.507 e. The molecule has 4 nitrogen and oxygen atoms in total. The Morgan fingerprint density at radius 3 is 2.43 bits per heavy atom.